The maximum absolute atomic E-state index is 11.1. The van der Waals surface area contributed by atoms with Gasteiger partial charge in [-0.2, -0.15) is 0 Å². The van der Waals surface area contributed by atoms with Crippen LogP contribution in [0.4, 0.5) is 0 Å². The highest BCUT2D eigenvalue weighted by Crippen LogP contribution is 2.28. The number of hydrogen-bond donors (Lipinski definition) is 1. The third-order valence-corrected chi connectivity index (χ3v) is 3.53. The largest absolute Gasteiger partial charge is 0.352 e. The zero-order valence-corrected chi connectivity index (χ0v) is 6.62. The molecule has 0 radical (unpaired) electrons. The molecule has 3 rings (SSSR count). The summed E-state index contributed by atoms with van der Waals surface area (Å²) in [6.07, 6.45) is 3.47. The van der Waals surface area contributed by atoms with E-state index in [2.05, 4.69) is 5.32 Å². The summed E-state index contributed by atoms with van der Waals surface area (Å²) in [5, 5.41) is 3.30. The molecule has 2 nitrogen and oxygen atoms in total. The molecule has 3 saturated heterocycles. The minimum atomic E-state index is 0.277. The number of piperidine rings is 1. The first-order valence-electron chi connectivity index (χ1n) is 3.78. The Kier molecular flexibility index (Phi) is 1.60. The highest BCUT2D eigenvalue weighted by molar-refractivity contribution is 8.00. The Balaban J connectivity index is 2.15. The minimum absolute atomic E-state index is 0.277. The van der Waals surface area contributed by atoms with Crippen LogP contribution in [0, 0.1) is 0 Å². The van der Waals surface area contributed by atoms with Gasteiger partial charge in [0.1, 0.15) is 0 Å². The summed E-state index contributed by atoms with van der Waals surface area (Å²) < 4.78 is 0. The monoisotopic (exact) mass is 157 g/mol. The Labute approximate surface area is 64.8 Å². The molecule has 3 heterocycles. The first-order valence-corrected chi connectivity index (χ1v) is 4.83. The lowest BCUT2D eigenvalue weighted by Crippen LogP contribution is -2.43. The number of carbonyl (C=O) groups excluding carboxylic acids is 1. The number of hydrogen-bond acceptors (Lipinski definition) is 2. The molecule has 3 fully saturated rings. The minimum Gasteiger partial charge on any atom is -0.352 e. The van der Waals surface area contributed by atoms with Gasteiger partial charge in [0.05, 0.1) is 5.25 Å². The lowest BCUT2D eigenvalue weighted by molar-refractivity contribution is -0.122. The van der Waals surface area contributed by atoms with Gasteiger partial charge in [-0.15, -0.1) is 11.8 Å². The van der Waals surface area contributed by atoms with Gasteiger partial charge in [0, 0.05) is 6.04 Å². The summed E-state index contributed by atoms with van der Waals surface area (Å²) in [5.41, 5.74) is 0. The standard InChI is InChI=1S/C7H11NOS/c9-7-6-2-1-5(8-7)3-4-10-6/h5-6H,1-4H2,(H,8,9). The fourth-order valence-corrected chi connectivity index (χ4v) is 2.81. The lowest BCUT2D eigenvalue weighted by Gasteiger charge is -2.22. The number of nitrogens with one attached hydrogen (secondary N) is 1. The van der Waals surface area contributed by atoms with Gasteiger partial charge in [-0.1, -0.05) is 0 Å². The maximum Gasteiger partial charge on any atom is 0.233 e. The molecule has 0 saturated carbocycles. The molecular weight excluding hydrogens is 146 g/mol. The van der Waals surface area contributed by atoms with E-state index in [-0.39, 0.29) is 11.2 Å². The smallest absolute Gasteiger partial charge is 0.233 e. The van der Waals surface area contributed by atoms with Crippen molar-refractivity contribution in [2.45, 2.75) is 30.6 Å². The summed E-state index contributed by atoms with van der Waals surface area (Å²) >= 11 is 1.82. The van der Waals surface area contributed by atoms with E-state index in [1.807, 2.05) is 11.8 Å². The molecule has 0 aromatic heterocycles. The van der Waals surface area contributed by atoms with Gasteiger partial charge in [-0.3, -0.25) is 4.79 Å². The SMILES string of the molecule is O=C1NC2CCSC1CC2. The van der Waals surface area contributed by atoms with Gasteiger partial charge in [0.2, 0.25) is 5.91 Å². The first kappa shape index (κ1) is 6.53. The van der Waals surface area contributed by atoms with Crippen LogP contribution in [0.5, 0.6) is 0 Å². The molecule has 2 bridgehead atoms. The molecule has 3 aliphatic heterocycles. The van der Waals surface area contributed by atoms with E-state index in [1.54, 1.807) is 0 Å². The van der Waals surface area contributed by atoms with Crippen molar-refractivity contribution in [2.75, 3.05) is 5.75 Å². The van der Waals surface area contributed by atoms with E-state index in [0.717, 1.165) is 12.2 Å². The highest BCUT2D eigenvalue weighted by atomic mass is 32.2. The molecule has 56 valence electrons. The van der Waals surface area contributed by atoms with Crippen LogP contribution >= 0.6 is 11.8 Å². The van der Waals surface area contributed by atoms with E-state index >= 15 is 0 Å². The normalized spacial score (nSPS) is 39.0. The van der Waals surface area contributed by atoms with Crippen molar-refractivity contribution >= 4 is 17.7 Å². The molecule has 0 aromatic rings. The highest BCUT2D eigenvalue weighted by Gasteiger charge is 2.31. The quantitative estimate of drug-likeness (QED) is 0.562. The lowest BCUT2D eigenvalue weighted by atomic mass is 10.0. The number of fused-ring (bicyclic) bond motifs is 4. The number of amides is 1. The molecule has 0 spiro atoms. The number of thioether (sulfide) groups is 1. The molecule has 3 heteroatoms. The van der Waals surface area contributed by atoms with Crippen LogP contribution in [0.1, 0.15) is 19.3 Å². The molecule has 0 aromatic carbocycles. The van der Waals surface area contributed by atoms with Gasteiger partial charge >= 0.3 is 0 Å². The van der Waals surface area contributed by atoms with Crippen LogP contribution in [-0.2, 0) is 4.79 Å². The summed E-state index contributed by atoms with van der Waals surface area (Å²) in [7, 11) is 0. The van der Waals surface area contributed by atoms with Crippen molar-refractivity contribution in [2.24, 2.45) is 0 Å². The average Bonchev–Trinajstić information content (AvgIpc) is 2.20. The van der Waals surface area contributed by atoms with Crippen LogP contribution < -0.4 is 5.32 Å². The molecule has 1 amide bonds. The van der Waals surface area contributed by atoms with Crippen LogP contribution in [0.25, 0.3) is 0 Å². The van der Waals surface area contributed by atoms with E-state index in [9.17, 15) is 4.79 Å². The molecule has 1 N–H and O–H groups in total. The van der Waals surface area contributed by atoms with Gasteiger partial charge in [-0.05, 0) is 25.0 Å². The molecule has 3 aliphatic rings. The molecule has 10 heavy (non-hydrogen) atoms. The maximum atomic E-state index is 11.1. The van der Waals surface area contributed by atoms with Crippen molar-refractivity contribution in [1.82, 2.24) is 5.32 Å². The second kappa shape index (κ2) is 2.46. The predicted molar refractivity (Wildman–Crippen MR) is 42.0 cm³/mol. The van der Waals surface area contributed by atoms with Crippen molar-refractivity contribution in [1.29, 1.82) is 0 Å². The Hall–Kier alpha value is -0.180. The second-order valence-electron chi connectivity index (χ2n) is 2.93. The summed E-state index contributed by atoms with van der Waals surface area (Å²) in [5.74, 6) is 1.44. The van der Waals surface area contributed by atoms with Gasteiger partial charge < -0.3 is 5.32 Å². The Bertz CT molecular complexity index is 156. The molecule has 0 aliphatic carbocycles. The van der Waals surface area contributed by atoms with Gasteiger partial charge in [0.25, 0.3) is 0 Å². The van der Waals surface area contributed by atoms with Crippen molar-refractivity contribution in [3.05, 3.63) is 0 Å². The van der Waals surface area contributed by atoms with E-state index in [0.29, 0.717) is 6.04 Å². The van der Waals surface area contributed by atoms with E-state index < -0.39 is 0 Å². The molecule has 2 unspecified atom stereocenters. The summed E-state index contributed by atoms with van der Waals surface area (Å²) in [6.45, 7) is 0. The Morgan fingerprint density at radius 2 is 2.30 bits per heavy atom. The zero-order chi connectivity index (χ0) is 6.97. The Morgan fingerprint density at radius 1 is 1.40 bits per heavy atom. The predicted octanol–water partition coefficient (Wildman–Crippen LogP) is 0.770. The third-order valence-electron chi connectivity index (χ3n) is 2.20. The second-order valence-corrected chi connectivity index (χ2v) is 4.24. The van der Waals surface area contributed by atoms with E-state index in [4.69, 9.17) is 0 Å². The van der Waals surface area contributed by atoms with Crippen LogP contribution in [-0.4, -0.2) is 23.0 Å². The van der Waals surface area contributed by atoms with Crippen LogP contribution in [0.3, 0.4) is 0 Å². The van der Waals surface area contributed by atoms with E-state index in [1.165, 1.54) is 12.8 Å². The third kappa shape index (κ3) is 1.03. The zero-order valence-electron chi connectivity index (χ0n) is 5.80. The van der Waals surface area contributed by atoms with Gasteiger partial charge in [-0.25, -0.2) is 0 Å². The first-order chi connectivity index (χ1) is 4.86. The average molecular weight is 157 g/mol. The molecule has 2 atom stereocenters. The topological polar surface area (TPSA) is 29.1 Å². The summed E-state index contributed by atoms with van der Waals surface area (Å²) in [4.78, 5) is 11.1. The molecular formula is C7H11NOS. The fraction of sp³-hybridized carbons (Fsp3) is 0.857. The van der Waals surface area contributed by atoms with Gasteiger partial charge in [0.15, 0.2) is 0 Å². The van der Waals surface area contributed by atoms with Crippen LogP contribution in [0.2, 0.25) is 0 Å². The Morgan fingerprint density at radius 3 is 3.10 bits per heavy atom. The van der Waals surface area contributed by atoms with Crippen molar-refractivity contribution in [3.63, 3.8) is 0 Å². The number of rotatable bonds is 0. The fourth-order valence-electron chi connectivity index (χ4n) is 1.58. The van der Waals surface area contributed by atoms with Crippen molar-refractivity contribution < 1.29 is 4.79 Å². The summed E-state index contributed by atoms with van der Waals surface area (Å²) in [6, 6.07) is 0.499. The van der Waals surface area contributed by atoms with Crippen molar-refractivity contribution in [3.8, 4) is 0 Å². The number of carbonyl (C=O) groups is 1. The van der Waals surface area contributed by atoms with Crippen LogP contribution in [0.15, 0.2) is 0 Å².